The molecule has 0 saturated heterocycles. The maximum Gasteiger partial charge on any atom is 0.573 e. The van der Waals surface area contributed by atoms with Gasteiger partial charge in [-0.3, -0.25) is 0 Å². The van der Waals surface area contributed by atoms with Gasteiger partial charge in [0.2, 0.25) is 0 Å². The quantitative estimate of drug-likeness (QED) is 0.885. The number of halogens is 3. The Bertz CT molecular complexity index is 485. The zero-order valence-electron chi connectivity index (χ0n) is 11.4. The zero-order chi connectivity index (χ0) is 15.3. The van der Waals surface area contributed by atoms with Gasteiger partial charge >= 0.3 is 12.4 Å². The molecule has 4 nitrogen and oxygen atoms in total. The van der Waals surface area contributed by atoms with Gasteiger partial charge in [0, 0.05) is 17.8 Å². The van der Waals surface area contributed by atoms with Crippen LogP contribution in [0.25, 0.3) is 0 Å². The van der Waals surface area contributed by atoms with Crippen LogP contribution in [-0.4, -0.2) is 18.4 Å². The van der Waals surface area contributed by atoms with Crippen molar-refractivity contribution in [3.63, 3.8) is 0 Å². The maximum absolute atomic E-state index is 12.1. The van der Waals surface area contributed by atoms with E-state index in [1.54, 1.807) is 0 Å². The third-order valence-electron chi connectivity index (χ3n) is 3.27. The lowest BCUT2D eigenvalue weighted by Gasteiger charge is -2.22. The number of carbonyl (C=O) groups excluding carboxylic acids is 1. The van der Waals surface area contributed by atoms with E-state index in [1.165, 1.54) is 24.6 Å². The molecular formula is C14H17F3N2O2. The second-order valence-corrected chi connectivity index (χ2v) is 5.01. The van der Waals surface area contributed by atoms with Crippen LogP contribution in [0.3, 0.4) is 0 Å². The van der Waals surface area contributed by atoms with Crippen molar-refractivity contribution in [2.75, 3.05) is 5.32 Å². The SMILES string of the molecule is O=C(Nc1cccc(OC(F)(F)F)c1)NC1CCCCC1. The molecule has 0 atom stereocenters. The molecule has 116 valence electrons. The molecule has 0 bridgehead atoms. The lowest BCUT2D eigenvalue weighted by molar-refractivity contribution is -0.274. The molecule has 1 aromatic carbocycles. The van der Waals surface area contributed by atoms with Gasteiger partial charge in [0.15, 0.2) is 0 Å². The molecule has 0 spiro atoms. The Morgan fingerprint density at radius 3 is 2.57 bits per heavy atom. The smallest absolute Gasteiger partial charge is 0.406 e. The Morgan fingerprint density at radius 1 is 1.19 bits per heavy atom. The van der Waals surface area contributed by atoms with Gasteiger partial charge in [-0.15, -0.1) is 13.2 Å². The van der Waals surface area contributed by atoms with E-state index in [1.807, 2.05) is 0 Å². The summed E-state index contributed by atoms with van der Waals surface area (Å²) in [7, 11) is 0. The van der Waals surface area contributed by atoms with Crippen LogP contribution < -0.4 is 15.4 Å². The Balaban J connectivity index is 1.89. The van der Waals surface area contributed by atoms with Crippen LogP contribution in [0.5, 0.6) is 5.75 Å². The van der Waals surface area contributed by atoms with Crippen molar-refractivity contribution >= 4 is 11.7 Å². The fourth-order valence-electron chi connectivity index (χ4n) is 2.37. The van der Waals surface area contributed by atoms with Crippen LogP contribution in [-0.2, 0) is 0 Å². The van der Waals surface area contributed by atoms with Crippen LogP contribution >= 0.6 is 0 Å². The monoisotopic (exact) mass is 302 g/mol. The molecule has 1 aliphatic carbocycles. The number of nitrogens with one attached hydrogen (secondary N) is 2. The molecule has 0 aromatic heterocycles. The van der Waals surface area contributed by atoms with Crippen molar-refractivity contribution < 1.29 is 22.7 Å². The number of hydrogen-bond donors (Lipinski definition) is 2. The minimum absolute atomic E-state index is 0.133. The van der Waals surface area contributed by atoms with Crippen LogP contribution in [0.1, 0.15) is 32.1 Å². The summed E-state index contributed by atoms with van der Waals surface area (Å²) in [5.74, 6) is -0.363. The molecule has 0 unspecified atom stereocenters. The molecule has 0 aliphatic heterocycles. The van der Waals surface area contributed by atoms with Gasteiger partial charge in [-0.2, -0.15) is 0 Å². The van der Waals surface area contributed by atoms with Crippen molar-refractivity contribution in [2.45, 2.75) is 44.5 Å². The van der Waals surface area contributed by atoms with Crippen molar-refractivity contribution in [3.8, 4) is 5.75 Å². The first kappa shape index (κ1) is 15.5. The molecular weight excluding hydrogens is 285 g/mol. The van der Waals surface area contributed by atoms with Gasteiger partial charge in [-0.25, -0.2) is 4.79 Å². The molecule has 0 radical (unpaired) electrons. The van der Waals surface area contributed by atoms with E-state index in [4.69, 9.17) is 0 Å². The van der Waals surface area contributed by atoms with E-state index in [0.29, 0.717) is 0 Å². The molecule has 1 fully saturated rings. The molecule has 2 rings (SSSR count). The second-order valence-electron chi connectivity index (χ2n) is 5.01. The molecule has 21 heavy (non-hydrogen) atoms. The largest absolute Gasteiger partial charge is 0.573 e. The van der Waals surface area contributed by atoms with Gasteiger partial charge in [0.05, 0.1) is 0 Å². The van der Waals surface area contributed by atoms with Crippen molar-refractivity contribution in [1.82, 2.24) is 5.32 Å². The minimum atomic E-state index is -4.75. The number of alkyl halides is 3. The third-order valence-corrected chi connectivity index (χ3v) is 3.27. The number of benzene rings is 1. The molecule has 2 N–H and O–H groups in total. The van der Waals surface area contributed by atoms with Crippen molar-refractivity contribution in [2.24, 2.45) is 0 Å². The summed E-state index contributed by atoms with van der Waals surface area (Å²) in [5, 5.41) is 5.34. The van der Waals surface area contributed by atoms with Crippen molar-refractivity contribution in [3.05, 3.63) is 24.3 Å². The number of amides is 2. The number of carbonyl (C=O) groups is 1. The van der Waals surface area contributed by atoms with E-state index in [-0.39, 0.29) is 17.5 Å². The number of rotatable bonds is 3. The number of ether oxygens (including phenoxy) is 1. The van der Waals surface area contributed by atoms with E-state index in [9.17, 15) is 18.0 Å². The minimum Gasteiger partial charge on any atom is -0.406 e. The predicted molar refractivity (Wildman–Crippen MR) is 72.2 cm³/mol. The highest BCUT2D eigenvalue weighted by Gasteiger charge is 2.31. The fraction of sp³-hybridized carbons (Fsp3) is 0.500. The third kappa shape index (κ3) is 5.53. The molecule has 0 heterocycles. The fourth-order valence-corrected chi connectivity index (χ4v) is 2.37. The molecule has 1 saturated carbocycles. The lowest BCUT2D eigenvalue weighted by Crippen LogP contribution is -2.39. The molecule has 1 aromatic rings. The van der Waals surface area contributed by atoms with Crippen LogP contribution in [0.2, 0.25) is 0 Å². The highest BCUT2D eigenvalue weighted by Crippen LogP contribution is 2.25. The van der Waals surface area contributed by atoms with Gasteiger partial charge in [0.1, 0.15) is 5.75 Å². The predicted octanol–water partition coefficient (Wildman–Crippen LogP) is 4.04. The molecule has 2 amide bonds. The lowest BCUT2D eigenvalue weighted by atomic mass is 9.96. The second kappa shape index (κ2) is 6.69. The standard InChI is InChI=1S/C14H17F3N2O2/c15-14(16,17)21-12-8-4-7-11(9-12)19-13(20)18-10-5-2-1-3-6-10/h4,7-10H,1-3,5-6H2,(H2,18,19,20). The average molecular weight is 302 g/mol. The Labute approximate surface area is 120 Å². The van der Waals surface area contributed by atoms with Crippen LogP contribution in [0.15, 0.2) is 24.3 Å². The summed E-state index contributed by atoms with van der Waals surface area (Å²) < 4.78 is 40.2. The number of anilines is 1. The summed E-state index contributed by atoms with van der Waals surface area (Å²) >= 11 is 0. The number of hydrogen-bond acceptors (Lipinski definition) is 2. The van der Waals surface area contributed by atoms with E-state index >= 15 is 0 Å². The van der Waals surface area contributed by atoms with Gasteiger partial charge in [0.25, 0.3) is 0 Å². The topological polar surface area (TPSA) is 50.4 Å². The van der Waals surface area contributed by atoms with E-state index in [0.717, 1.165) is 31.7 Å². The normalized spacial score (nSPS) is 16.3. The van der Waals surface area contributed by atoms with E-state index < -0.39 is 12.4 Å². The zero-order valence-corrected chi connectivity index (χ0v) is 11.4. The summed E-state index contributed by atoms with van der Waals surface area (Å²) in [4.78, 5) is 11.8. The van der Waals surface area contributed by atoms with Crippen LogP contribution in [0.4, 0.5) is 23.7 Å². The summed E-state index contributed by atoms with van der Waals surface area (Å²) in [6.45, 7) is 0. The molecule has 7 heteroatoms. The number of urea groups is 1. The van der Waals surface area contributed by atoms with E-state index in [2.05, 4.69) is 15.4 Å². The Kier molecular flexibility index (Phi) is 4.93. The average Bonchev–Trinajstić information content (AvgIpc) is 2.38. The molecule has 1 aliphatic rings. The van der Waals surface area contributed by atoms with Crippen LogP contribution in [0, 0.1) is 0 Å². The highest BCUT2D eigenvalue weighted by molar-refractivity contribution is 5.89. The first-order valence-electron chi connectivity index (χ1n) is 6.86. The van der Waals surface area contributed by atoms with Crippen molar-refractivity contribution in [1.29, 1.82) is 0 Å². The summed E-state index contributed by atoms with van der Waals surface area (Å²) in [5.41, 5.74) is 0.255. The summed E-state index contributed by atoms with van der Waals surface area (Å²) in [6, 6.07) is 4.92. The maximum atomic E-state index is 12.1. The Morgan fingerprint density at radius 2 is 1.90 bits per heavy atom. The first-order chi connectivity index (χ1) is 9.92. The first-order valence-corrected chi connectivity index (χ1v) is 6.86. The van der Waals surface area contributed by atoms with Gasteiger partial charge < -0.3 is 15.4 Å². The summed E-state index contributed by atoms with van der Waals surface area (Å²) in [6.07, 6.45) is 0.467. The Hall–Kier alpha value is -1.92. The highest BCUT2D eigenvalue weighted by atomic mass is 19.4. The van der Waals surface area contributed by atoms with Gasteiger partial charge in [-0.1, -0.05) is 25.3 Å². The van der Waals surface area contributed by atoms with Gasteiger partial charge in [-0.05, 0) is 25.0 Å².